The molecule has 0 saturated carbocycles. The van der Waals surface area contributed by atoms with Crippen molar-refractivity contribution in [1.82, 2.24) is 20.1 Å². The van der Waals surface area contributed by atoms with E-state index in [0.29, 0.717) is 5.82 Å². The number of carbonyl (C=O) groups is 1. The average molecular weight is 256 g/mol. The zero-order chi connectivity index (χ0) is 13.8. The Morgan fingerprint density at radius 3 is 2.58 bits per heavy atom. The smallest absolute Gasteiger partial charge is 0.244 e. The zero-order valence-electron chi connectivity index (χ0n) is 11.0. The summed E-state index contributed by atoms with van der Waals surface area (Å²) >= 11 is 0. The van der Waals surface area contributed by atoms with Gasteiger partial charge < -0.3 is 9.88 Å². The summed E-state index contributed by atoms with van der Waals surface area (Å²) in [5.41, 5.74) is 0.952. The number of benzene rings is 1. The molecule has 2 rings (SSSR count). The highest BCUT2D eigenvalue weighted by Gasteiger charge is 2.21. The van der Waals surface area contributed by atoms with Crippen molar-refractivity contribution in [3.8, 4) is 0 Å². The third kappa shape index (κ3) is 2.70. The van der Waals surface area contributed by atoms with Crippen molar-refractivity contribution in [3.05, 3.63) is 60.2 Å². The highest BCUT2D eigenvalue weighted by Crippen LogP contribution is 2.20. The number of carbonyl (C=O) groups excluding carboxylic acids is 1. The number of aromatic nitrogens is 3. The molecule has 0 saturated heterocycles. The van der Waals surface area contributed by atoms with Crippen LogP contribution in [0.2, 0.25) is 0 Å². The van der Waals surface area contributed by atoms with Gasteiger partial charge in [-0.25, -0.2) is 0 Å². The van der Waals surface area contributed by atoms with E-state index in [9.17, 15) is 4.79 Å². The van der Waals surface area contributed by atoms with E-state index in [2.05, 4.69) is 22.1 Å². The second kappa shape index (κ2) is 5.48. The van der Waals surface area contributed by atoms with Gasteiger partial charge >= 0.3 is 0 Å². The largest absolute Gasteiger partial charge is 0.338 e. The molecule has 0 aliphatic carbocycles. The summed E-state index contributed by atoms with van der Waals surface area (Å²) in [6.45, 7) is 5.34. The van der Waals surface area contributed by atoms with Gasteiger partial charge in [-0.05, 0) is 18.6 Å². The van der Waals surface area contributed by atoms with Gasteiger partial charge in [0.05, 0.1) is 0 Å². The van der Waals surface area contributed by atoms with Crippen LogP contribution in [0.15, 0.2) is 43.0 Å². The molecule has 5 heteroatoms. The monoisotopic (exact) mass is 256 g/mol. The van der Waals surface area contributed by atoms with Crippen LogP contribution in [0.5, 0.6) is 0 Å². The molecule has 1 amide bonds. The SMILES string of the molecule is C=CC(=O)NC(c1ccccc1)c1nnc(C)n1C. The molecule has 0 aliphatic heterocycles. The van der Waals surface area contributed by atoms with Crippen molar-refractivity contribution in [1.29, 1.82) is 0 Å². The Morgan fingerprint density at radius 1 is 1.37 bits per heavy atom. The predicted molar refractivity (Wildman–Crippen MR) is 72.4 cm³/mol. The van der Waals surface area contributed by atoms with Gasteiger partial charge in [0, 0.05) is 7.05 Å². The van der Waals surface area contributed by atoms with Crippen LogP contribution in [0.1, 0.15) is 23.3 Å². The van der Waals surface area contributed by atoms with E-state index in [1.807, 2.05) is 48.9 Å². The van der Waals surface area contributed by atoms with Crippen LogP contribution in [0.25, 0.3) is 0 Å². The van der Waals surface area contributed by atoms with Gasteiger partial charge in [-0.15, -0.1) is 10.2 Å². The first-order valence-electron chi connectivity index (χ1n) is 5.97. The van der Waals surface area contributed by atoms with E-state index >= 15 is 0 Å². The molecule has 19 heavy (non-hydrogen) atoms. The highest BCUT2D eigenvalue weighted by molar-refractivity contribution is 5.87. The van der Waals surface area contributed by atoms with Crippen LogP contribution in [0.4, 0.5) is 0 Å². The van der Waals surface area contributed by atoms with Crippen LogP contribution in [-0.4, -0.2) is 20.7 Å². The van der Waals surface area contributed by atoms with E-state index in [-0.39, 0.29) is 11.9 Å². The Kier molecular flexibility index (Phi) is 3.75. The summed E-state index contributed by atoms with van der Waals surface area (Å²) in [6.07, 6.45) is 1.25. The summed E-state index contributed by atoms with van der Waals surface area (Å²) < 4.78 is 1.86. The molecule has 0 spiro atoms. The van der Waals surface area contributed by atoms with E-state index in [1.54, 1.807) is 0 Å². The Balaban J connectivity index is 2.43. The van der Waals surface area contributed by atoms with E-state index in [1.165, 1.54) is 6.08 Å². The van der Waals surface area contributed by atoms with E-state index < -0.39 is 0 Å². The van der Waals surface area contributed by atoms with Crippen LogP contribution in [0, 0.1) is 6.92 Å². The van der Waals surface area contributed by atoms with E-state index in [0.717, 1.165) is 11.4 Å². The maximum Gasteiger partial charge on any atom is 0.244 e. The predicted octanol–water partition coefficient (Wildman–Crippen LogP) is 1.52. The molecule has 0 bridgehead atoms. The van der Waals surface area contributed by atoms with Crippen LogP contribution in [-0.2, 0) is 11.8 Å². The number of hydrogen-bond donors (Lipinski definition) is 1. The lowest BCUT2D eigenvalue weighted by atomic mass is 10.1. The Bertz CT molecular complexity index is 589. The first kappa shape index (κ1) is 13.0. The summed E-state index contributed by atoms with van der Waals surface area (Å²) in [5, 5.41) is 11.0. The maximum atomic E-state index is 11.6. The van der Waals surface area contributed by atoms with Crippen molar-refractivity contribution >= 4 is 5.91 Å². The number of nitrogens with zero attached hydrogens (tertiary/aromatic N) is 3. The highest BCUT2D eigenvalue weighted by atomic mass is 16.1. The minimum atomic E-state index is -0.335. The number of aryl methyl sites for hydroxylation is 1. The van der Waals surface area contributed by atoms with Gasteiger partial charge in [-0.3, -0.25) is 4.79 Å². The third-order valence-corrected chi connectivity index (χ3v) is 2.99. The average Bonchev–Trinajstić information content (AvgIpc) is 2.77. The summed E-state index contributed by atoms with van der Waals surface area (Å²) in [6, 6.07) is 9.32. The van der Waals surface area contributed by atoms with Gasteiger partial charge in [0.25, 0.3) is 0 Å². The number of hydrogen-bond acceptors (Lipinski definition) is 3. The lowest BCUT2D eigenvalue weighted by Gasteiger charge is -2.17. The molecular formula is C14H16N4O. The third-order valence-electron chi connectivity index (χ3n) is 2.99. The number of amides is 1. The van der Waals surface area contributed by atoms with Crippen LogP contribution < -0.4 is 5.32 Å². The fourth-order valence-corrected chi connectivity index (χ4v) is 1.82. The molecule has 0 radical (unpaired) electrons. The fourth-order valence-electron chi connectivity index (χ4n) is 1.82. The molecule has 1 atom stereocenters. The van der Waals surface area contributed by atoms with Gasteiger partial charge in [0.1, 0.15) is 11.9 Å². The zero-order valence-corrected chi connectivity index (χ0v) is 11.0. The fraction of sp³-hybridized carbons (Fsp3) is 0.214. The second-order valence-electron chi connectivity index (χ2n) is 4.22. The quantitative estimate of drug-likeness (QED) is 0.844. The van der Waals surface area contributed by atoms with Gasteiger partial charge in [-0.2, -0.15) is 0 Å². The first-order valence-corrected chi connectivity index (χ1v) is 5.97. The van der Waals surface area contributed by atoms with Crippen LogP contribution >= 0.6 is 0 Å². The van der Waals surface area contributed by atoms with Crippen molar-refractivity contribution < 1.29 is 4.79 Å². The molecule has 1 aromatic carbocycles. The molecule has 1 N–H and O–H groups in total. The lowest BCUT2D eigenvalue weighted by molar-refractivity contribution is -0.117. The van der Waals surface area contributed by atoms with Crippen molar-refractivity contribution in [2.45, 2.75) is 13.0 Å². The summed E-state index contributed by atoms with van der Waals surface area (Å²) in [7, 11) is 1.88. The first-order chi connectivity index (χ1) is 9.13. The molecule has 1 unspecified atom stereocenters. The minimum absolute atomic E-state index is 0.241. The number of rotatable bonds is 4. The Morgan fingerprint density at radius 2 is 2.05 bits per heavy atom. The molecule has 5 nitrogen and oxygen atoms in total. The Labute approximate surface area is 112 Å². The number of nitrogens with one attached hydrogen (secondary N) is 1. The molecule has 1 heterocycles. The molecule has 0 fully saturated rings. The standard InChI is InChI=1S/C14H16N4O/c1-4-12(19)15-13(11-8-6-5-7-9-11)14-17-16-10(2)18(14)3/h4-9,13H,1H2,2-3H3,(H,15,19). The Hall–Kier alpha value is -2.43. The minimum Gasteiger partial charge on any atom is -0.338 e. The van der Waals surface area contributed by atoms with Crippen LogP contribution in [0.3, 0.4) is 0 Å². The van der Waals surface area contributed by atoms with Crippen molar-refractivity contribution in [2.75, 3.05) is 0 Å². The van der Waals surface area contributed by atoms with E-state index in [4.69, 9.17) is 0 Å². The van der Waals surface area contributed by atoms with Gasteiger partial charge in [-0.1, -0.05) is 36.9 Å². The molecular weight excluding hydrogens is 240 g/mol. The topological polar surface area (TPSA) is 59.8 Å². The molecule has 2 aromatic rings. The summed E-state index contributed by atoms with van der Waals surface area (Å²) in [5.74, 6) is 1.25. The normalized spacial score (nSPS) is 11.9. The van der Waals surface area contributed by atoms with Crippen molar-refractivity contribution in [2.24, 2.45) is 7.05 Å². The second-order valence-corrected chi connectivity index (χ2v) is 4.22. The maximum absolute atomic E-state index is 11.6. The van der Waals surface area contributed by atoms with Gasteiger partial charge in [0.2, 0.25) is 5.91 Å². The lowest BCUT2D eigenvalue weighted by Crippen LogP contribution is -2.29. The molecule has 0 aliphatic rings. The van der Waals surface area contributed by atoms with Gasteiger partial charge in [0.15, 0.2) is 5.82 Å². The molecule has 1 aromatic heterocycles. The summed E-state index contributed by atoms with van der Waals surface area (Å²) in [4.78, 5) is 11.6. The molecule has 98 valence electrons. The van der Waals surface area contributed by atoms with Crippen molar-refractivity contribution in [3.63, 3.8) is 0 Å².